The number of hydrogen-bond donors (Lipinski definition) is 5. The smallest absolute Gasteiger partial charge is 0.253 e. The van der Waals surface area contributed by atoms with Crippen LogP contribution in [0.5, 0.6) is 5.75 Å². The van der Waals surface area contributed by atoms with Gasteiger partial charge in [0.05, 0.1) is 76.1 Å². The molecule has 2 aromatic heterocycles. The average Bonchev–Trinajstić information content (AvgIpc) is 3.18. The summed E-state index contributed by atoms with van der Waals surface area (Å²) in [6, 6.07) is 24.0. The van der Waals surface area contributed by atoms with Gasteiger partial charge in [-0.05, 0) is 58.4 Å². The molecule has 0 radical (unpaired) electrons. The predicted molar refractivity (Wildman–Crippen MR) is 212 cm³/mol. The number of hydrogen-bond acceptors (Lipinski definition) is 10. The normalized spacial score (nSPS) is 12.2. The van der Waals surface area contributed by atoms with Crippen molar-refractivity contribution in [2.45, 2.75) is 0 Å². The SMILES string of the molecule is CNC(=O)c1ccccc1Nc1cc(Br)ncc1Cl.CNC(=O)c1ccccc1Nc1cc(Nc2ccc(N3CCOCC3)cc2OC)ncc1Cl. The van der Waals surface area contributed by atoms with E-state index in [1.54, 1.807) is 57.7 Å². The van der Waals surface area contributed by atoms with Crippen LogP contribution in [0.4, 0.5) is 39.9 Å². The van der Waals surface area contributed by atoms with Crippen molar-refractivity contribution in [3.63, 3.8) is 0 Å². The maximum atomic E-state index is 12.2. The second-order valence-corrected chi connectivity index (χ2v) is 12.8. The third kappa shape index (κ3) is 9.82. The lowest BCUT2D eigenvalue weighted by atomic mass is 10.1. The third-order valence-electron chi connectivity index (χ3n) is 7.84. The average molecular weight is 809 g/mol. The molecule has 0 bridgehead atoms. The Labute approximate surface area is 320 Å². The van der Waals surface area contributed by atoms with Gasteiger partial charge in [-0.15, -0.1) is 0 Å². The lowest BCUT2D eigenvalue weighted by Crippen LogP contribution is -2.36. The minimum absolute atomic E-state index is 0.160. The Balaban J connectivity index is 0.000000233. The molecule has 12 nitrogen and oxygen atoms in total. The van der Waals surface area contributed by atoms with E-state index in [-0.39, 0.29) is 11.8 Å². The van der Waals surface area contributed by atoms with Crippen molar-refractivity contribution < 1.29 is 19.1 Å². The first kappa shape index (κ1) is 38.2. The van der Waals surface area contributed by atoms with Gasteiger partial charge in [0.1, 0.15) is 16.2 Å². The minimum Gasteiger partial charge on any atom is -0.494 e. The van der Waals surface area contributed by atoms with Gasteiger partial charge < -0.3 is 41.0 Å². The quantitative estimate of drug-likeness (QED) is 0.0881. The molecular weight excluding hydrogens is 771 g/mol. The molecule has 3 aromatic carbocycles. The Kier molecular flexibility index (Phi) is 13.5. The highest BCUT2D eigenvalue weighted by molar-refractivity contribution is 9.10. The van der Waals surface area contributed by atoms with E-state index in [0.717, 1.165) is 37.7 Å². The number of carbonyl (C=O) groups is 2. The van der Waals surface area contributed by atoms with Gasteiger partial charge in [-0.1, -0.05) is 47.5 Å². The number of ether oxygens (including phenoxy) is 2. The first-order valence-corrected chi connectivity index (χ1v) is 17.7. The number of morpholine rings is 1. The molecule has 0 unspecified atom stereocenters. The number of pyridine rings is 2. The summed E-state index contributed by atoms with van der Waals surface area (Å²) in [6.45, 7) is 3.13. The van der Waals surface area contributed by atoms with Crippen molar-refractivity contribution >= 4 is 90.9 Å². The van der Waals surface area contributed by atoms with Crippen molar-refractivity contribution in [2.75, 3.05) is 68.4 Å². The van der Waals surface area contributed by atoms with Gasteiger partial charge in [-0.2, -0.15) is 0 Å². The van der Waals surface area contributed by atoms with Crippen LogP contribution in [0.3, 0.4) is 0 Å². The number of aromatic nitrogens is 2. The fraction of sp³-hybridized carbons (Fsp3) is 0.189. The summed E-state index contributed by atoms with van der Waals surface area (Å²) >= 11 is 15.7. The van der Waals surface area contributed by atoms with Gasteiger partial charge in [0.15, 0.2) is 0 Å². The van der Waals surface area contributed by atoms with Crippen LogP contribution < -0.4 is 36.2 Å². The molecule has 6 rings (SSSR count). The zero-order valence-electron chi connectivity index (χ0n) is 28.6. The number of methoxy groups -OCH3 is 1. The fourth-order valence-electron chi connectivity index (χ4n) is 5.19. The highest BCUT2D eigenvalue weighted by Crippen LogP contribution is 2.35. The van der Waals surface area contributed by atoms with Crippen LogP contribution in [0.1, 0.15) is 20.7 Å². The number of amides is 2. The molecule has 0 spiro atoms. The summed E-state index contributed by atoms with van der Waals surface area (Å²) in [5.41, 5.74) is 5.55. The van der Waals surface area contributed by atoms with Crippen LogP contribution in [-0.2, 0) is 4.74 Å². The zero-order valence-corrected chi connectivity index (χ0v) is 31.7. The Morgan fingerprint density at radius 2 is 1.29 bits per heavy atom. The van der Waals surface area contributed by atoms with Crippen LogP contribution in [0.15, 0.2) is 95.9 Å². The Morgan fingerprint density at radius 3 is 1.87 bits per heavy atom. The van der Waals surface area contributed by atoms with Crippen LogP contribution in [-0.4, -0.2) is 69.3 Å². The Morgan fingerprint density at radius 1 is 0.731 bits per heavy atom. The predicted octanol–water partition coefficient (Wildman–Crippen LogP) is 8.03. The van der Waals surface area contributed by atoms with Crippen LogP contribution in [0.2, 0.25) is 10.0 Å². The molecule has 1 aliphatic rings. The molecule has 3 heterocycles. The van der Waals surface area contributed by atoms with E-state index in [4.69, 9.17) is 32.7 Å². The molecule has 1 aliphatic heterocycles. The molecule has 5 N–H and O–H groups in total. The third-order valence-corrected chi connectivity index (χ3v) is 8.87. The van der Waals surface area contributed by atoms with E-state index >= 15 is 0 Å². The first-order valence-electron chi connectivity index (χ1n) is 16.1. The van der Waals surface area contributed by atoms with E-state index in [2.05, 4.69) is 57.4 Å². The van der Waals surface area contributed by atoms with E-state index in [0.29, 0.717) is 60.1 Å². The second kappa shape index (κ2) is 18.4. The van der Waals surface area contributed by atoms with Gasteiger partial charge >= 0.3 is 0 Å². The summed E-state index contributed by atoms with van der Waals surface area (Å²) in [5, 5.41) is 15.8. The summed E-state index contributed by atoms with van der Waals surface area (Å²) < 4.78 is 11.7. The van der Waals surface area contributed by atoms with E-state index in [1.165, 1.54) is 6.20 Å². The fourth-order valence-corrected chi connectivity index (χ4v) is 5.82. The van der Waals surface area contributed by atoms with Crippen molar-refractivity contribution in [3.05, 3.63) is 117 Å². The number of nitrogens with zero attached hydrogens (tertiary/aromatic N) is 3. The van der Waals surface area contributed by atoms with Crippen molar-refractivity contribution in [1.82, 2.24) is 20.6 Å². The van der Waals surface area contributed by atoms with Gasteiger partial charge in [0.25, 0.3) is 11.8 Å². The molecule has 0 aliphatic carbocycles. The number of rotatable bonds is 10. The Hall–Kier alpha value is -5.08. The summed E-state index contributed by atoms with van der Waals surface area (Å²) in [5.74, 6) is 0.936. The van der Waals surface area contributed by atoms with E-state index < -0.39 is 0 Å². The molecular formula is C37H37BrCl2N8O4. The highest BCUT2D eigenvalue weighted by Gasteiger charge is 2.16. The zero-order chi connectivity index (χ0) is 37.0. The molecule has 0 atom stereocenters. The maximum Gasteiger partial charge on any atom is 0.253 e. The number of benzene rings is 3. The summed E-state index contributed by atoms with van der Waals surface area (Å²) in [7, 11) is 4.83. The van der Waals surface area contributed by atoms with E-state index in [1.807, 2.05) is 48.5 Å². The lowest BCUT2D eigenvalue weighted by Gasteiger charge is -2.29. The molecule has 52 heavy (non-hydrogen) atoms. The molecule has 2 amide bonds. The largest absolute Gasteiger partial charge is 0.494 e. The molecule has 270 valence electrons. The minimum atomic E-state index is -0.188. The summed E-state index contributed by atoms with van der Waals surface area (Å²) in [4.78, 5) is 34.6. The topological polar surface area (TPSA) is 142 Å². The lowest BCUT2D eigenvalue weighted by molar-refractivity contribution is 0.0956. The van der Waals surface area contributed by atoms with E-state index in [9.17, 15) is 9.59 Å². The number of anilines is 7. The number of para-hydroxylation sites is 2. The van der Waals surface area contributed by atoms with Crippen molar-refractivity contribution in [1.29, 1.82) is 0 Å². The van der Waals surface area contributed by atoms with Crippen molar-refractivity contribution in [2.24, 2.45) is 0 Å². The number of halogens is 3. The van der Waals surface area contributed by atoms with Gasteiger partial charge in [-0.3, -0.25) is 9.59 Å². The maximum absolute atomic E-state index is 12.2. The molecule has 0 saturated carbocycles. The highest BCUT2D eigenvalue weighted by atomic mass is 79.9. The van der Waals surface area contributed by atoms with Crippen LogP contribution in [0, 0.1) is 0 Å². The van der Waals surface area contributed by atoms with Crippen molar-refractivity contribution in [3.8, 4) is 5.75 Å². The van der Waals surface area contributed by atoms with Gasteiger partial charge in [0.2, 0.25) is 0 Å². The monoisotopic (exact) mass is 806 g/mol. The molecule has 1 fully saturated rings. The van der Waals surface area contributed by atoms with Crippen LogP contribution in [0.25, 0.3) is 0 Å². The molecule has 15 heteroatoms. The van der Waals surface area contributed by atoms with Crippen LogP contribution >= 0.6 is 39.1 Å². The Bertz CT molecular complexity index is 2030. The molecule has 1 saturated heterocycles. The number of carbonyl (C=O) groups excluding carboxylic acids is 2. The first-order chi connectivity index (χ1) is 25.2. The van der Waals surface area contributed by atoms with Gasteiger partial charge in [-0.25, -0.2) is 9.97 Å². The molecule has 5 aromatic rings. The number of nitrogens with one attached hydrogen (secondary N) is 5. The second-order valence-electron chi connectivity index (χ2n) is 11.1. The summed E-state index contributed by atoms with van der Waals surface area (Å²) in [6.07, 6.45) is 3.10. The standard InChI is InChI=1S/C24H26ClN5O3.C13H11BrClN3O/c1-26-24(31)17-5-3-4-6-19(17)28-21-14-23(27-15-18(21)25)29-20-8-7-16(13-22(20)32-2)30-9-11-33-12-10-30;1-16-13(19)8-4-2-3-5-10(8)18-11-6-12(14)17-7-9(11)15/h3-8,13-15H,9-12H2,1-2H3,(H,26,31)(H2,27,28,29);2-7H,1H3,(H,16,19)(H,17,18). The van der Waals surface area contributed by atoms with Gasteiger partial charge in [0, 0.05) is 51.2 Å².